The number of carbonyl (C=O) groups is 2. The second-order valence-corrected chi connectivity index (χ2v) is 10.1. The van der Waals surface area contributed by atoms with Gasteiger partial charge in [0.05, 0.1) is 6.10 Å². The van der Waals surface area contributed by atoms with Gasteiger partial charge in [0.2, 0.25) is 0 Å². The molecule has 0 spiro atoms. The number of allylic oxidation sites excluding steroid dienone is 1. The van der Waals surface area contributed by atoms with Gasteiger partial charge in [-0.1, -0.05) is 25.5 Å². The first-order valence-corrected chi connectivity index (χ1v) is 10.8. The molecule has 3 saturated carbocycles. The van der Waals surface area contributed by atoms with Crippen molar-refractivity contribution in [3.05, 3.63) is 11.6 Å². The van der Waals surface area contributed by atoms with Crippen molar-refractivity contribution < 1.29 is 19.4 Å². The zero-order valence-electron chi connectivity index (χ0n) is 17.0. The number of carbonyl (C=O) groups excluding carboxylic acids is 2. The minimum Gasteiger partial charge on any atom is -0.458 e. The normalized spacial score (nSPS) is 45.9. The van der Waals surface area contributed by atoms with Crippen LogP contribution < -0.4 is 0 Å². The number of rotatable bonds is 3. The van der Waals surface area contributed by atoms with Crippen molar-refractivity contribution in [1.82, 2.24) is 0 Å². The van der Waals surface area contributed by atoms with Crippen LogP contribution in [0, 0.1) is 34.5 Å². The average molecular weight is 375 g/mol. The molecule has 3 fully saturated rings. The molecule has 0 aromatic heterocycles. The molecule has 0 bridgehead atoms. The van der Waals surface area contributed by atoms with Gasteiger partial charge in [0.25, 0.3) is 0 Å². The Balaban J connectivity index is 1.55. The molecule has 0 unspecified atom stereocenters. The summed E-state index contributed by atoms with van der Waals surface area (Å²) in [5, 5.41) is 10.1. The summed E-state index contributed by atoms with van der Waals surface area (Å²) < 4.78 is 5.02. The number of hydrogen-bond acceptors (Lipinski definition) is 4. The van der Waals surface area contributed by atoms with Gasteiger partial charge in [0.15, 0.2) is 5.78 Å². The minimum atomic E-state index is -0.371. The van der Waals surface area contributed by atoms with Crippen LogP contribution in [0.1, 0.15) is 72.1 Å². The average Bonchev–Trinajstić information content (AvgIpc) is 2.97. The second kappa shape index (κ2) is 6.72. The lowest BCUT2D eigenvalue weighted by atomic mass is 9.47. The molecule has 150 valence electrons. The third-order valence-corrected chi connectivity index (χ3v) is 8.88. The molecule has 4 rings (SSSR count). The molecule has 4 aliphatic carbocycles. The molecule has 4 nitrogen and oxygen atoms in total. The summed E-state index contributed by atoms with van der Waals surface area (Å²) in [6.07, 6.45) is 10.6. The number of ketones is 1. The Morgan fingerprint density at radius 1 is 1.15 bits per heavy atom. The first-order valence-electron chi connectivity index (χ1n) is 10.8. The lowest BCUT2D eigenvalue weighted by Gasteiger charge is -2.57. The second-order valence-electron chi connectivity index (χ2n) is 10.1. The minimum absolute atomic E-state index is 0.0363. The van der Waals surface area contributed by atoms with E-state index in [4.69, 9.17) is 4.74 Å². The van der Waals surface area contributed by atoms with Crippen molar-refractivity contribution in [3.63, 3.8) is 0 Å². The first kappa shape index (κ1) is 19.2. The molecule has 1 N–H and O–H groups in total. The monoisotopic (exact) mass is 374 g/mol. The molecule has 0 radical (unpaired) electrons. The summed E-state index contributed by atoms with van der Waals surface area (Å²) in [6, 6.07) is 0. The van der Waals surface area contributed by atoms with Crippen molar-refractivity contribution in [2.24, 2.45) is 34.5 Å². The van der Waals surface area contributed by atoms with Crippen molar-refractivity contribution in [3.8, 4) is 0 Å². The zero-order valence-corrected chi connectivity index (χ0v) is 17.0. The zero-order chi connectivity index (χ0) is 19.4. The summed E-state index contributed by atoms with van der Waals surface area (Å²) in [6.45, 7) is 6.06. The third-order valence-electron chi connectivity index (χ3n) is 8.88. The maximum Gasteiger partial charge on any atom is 0.303 e. The van der Waals surface area contributed by atoms with Gasteiger partial charge in [-0.2, -0.15) is 0 Å². The number of esters is 1. The van der Waals surface area contributed by atoms with E-state index in [2.05, 4.69) is 19.9 Å². The Hall–Kier alpha value is -1.16. The fourth-order valence-corrected chi connectivity index (χ4v) is 7.44. The van der Waals surface area contributed by atoms with Gasteiger partial charge >= 0.3 is 5.97 Å². The van der Waals surface area contributed by atoms with E-state index in [0.29, 0.717) is 17.8 Å². The topological polar surface area (TPSA) is 63.6 Å². The molecule has 4 heteroatoms. The molecule has 0 aromatic carbocycles. The summed E-state index contributed by atoms with van der Waals surface area (Å²) in [7, 11) is 0. The molecule has 0 heterocycles. The lowest BCUT2D eigenvalue weighted by Crippen LogP contribution is -2.51. The van der Waals surface area contributed by atoms with Gasteiger partial charge in [-0.05, 0) is 80.0 Å². The van der Waals surface area contributed by atoms with E-state index < -0.39 is 0 Å². The molecule has 7 atom stereocenters. The Kier molecular flexibility index (Phi) is 4.77. The number of Topliss-reactive ketones (excluding diaryl/α,β-unsaturated/α-hetero) is 1. The number of fused-ring (bicyclic) bond motifs is 5. The molecule has 0 saturated heterocycles. The molecular weight excluding hydrogens is 340 g/mol. The largest absolute Gasteiger partial charge is 0.458 e. The van der Waals surface area contributed by atoms with Gasteiger partial charge in [0, 0.05) is 12.8 Å². The smallest absolute Gasteiger partial charge is 0.303 e. The Labute approximate surface area is 162 Å². The van der Waals surface area contributed by atoms with E-state index in [0.717, 1.165) is 44.9 Å². The van der Waals surface area contributed by atoms with E-state index in [-0.39, 0.29) is 41.2 Å². The molecule has 27 heavy (non-hydrogen) atoms. The van der Waals surface area contributed by atoms with Crippen LogP contribution in [0.5, 0.6) is 0 Å². The van der Waals surface area contributed by atoms with Gasteiger partial charge in [0.1, 0.15) is 6.61 Å². The van der Waals surface area contributed by atoms with E-state index >= 15 is 0 Å². The van der Waals surface area contributed by atoms with Crippen LogP contribution in [-0.4, -0.2) is 29.6 Å². The Morgan fingerprint density at radius 2 is 1.93 bits per heavy atom. The van der Waals surface area contributed by atoms with Crippen LogP contribution >= 0.6 is 0 Å². The molecule has 0 aliphatic heterocycles. The number of ether oxygens (including phenoxy) is 1. The van der Waals surface area contributed by atoms with Gasteiger partial charge in [-0.15, -0.1) is 0 Å². The molecular formula is C23H34O4. The van der Waals surface area contributed by atoms with E-state index in [1.807, 2.05) is 0 Å². The summed E-state index contributed by atoms with van der Waals surface area (Å²) in [5.41, 5.74) is 1.78. The maximum atomic E-state index is 12.8. The Bertz CT molecular complexity index is 667. The maximum absolute atomic E-state index is 12.8. The van der Waals surface area contributed by atoms with Crippen LogP contribution in [0.2, 0.25) is 0 Å². The molecule has 0 amide bonds. The quantitative estimate of drug-likeness (QED) is 0.598. The SMILES string of the molecule is CC(=O)OCC(=O)[C@H]1CC[C@@H]2[C@@H]3CC=C4C[C@@H](O)CC[C@]4(C)[C@@H]3CC[C@]12C. The highest BCUT2D eigenvalue weighted by Gasteiger charge is 2.59. The van der Waals surface area contributed by atoms with Gasteiger partial charge in [-0.3, -0.25) is 9.59 Å². The van der Waals surface area contributed by atoms with Crippen LogP contribution in [0.25, 0.3) is 0 Å². The van der Waals surface area contributed by atoms with Crippen LogP contribution in [0.3, 0.4) is 0 Å². The highest BCUT2D eigenvalue weighted by Crippen LogP contribution is 2.66. The van der Waals surface area contributed by atoms with Crippen molar-refractivity contribution in [2.75, 3.05) is 6.61 Å². The van der Waals surface area contributed by atoms with E-state index in [1.54, 1.807) is 0 Å². The van der Waals surface area contributed by atoms with E-state index in [9.17, 15) is 14.7 Å². The number of aliphatic hydroxyl groups is 1. The lowest BCUT2D eigenvalue weighted by molar-refractivity contribution is -0.149. The number of hydrogen-bond donors (Lipinski definition) is 1. The third kappa shape index (κ3) is 2.99. The summed E-state index contributed by atoms with van der Waals surface area (Å²) >= 11 is 0. The van der Waals surface area contributed by atoms with Crippen molar-refractivity contribution in [1.29, 1.82) is 0 Å². The highest BCUT2D eigenvalue weighted by atomic mass is 16.5. The molecule has 0 aromatic rings. The highest BCUT2D eigenvalue weighted by molar-refractivity contribution is 5.85. The van der Waals surface area contributed by atoms with E-state index in [1.165, 1.54) is 18.9 Å². The van der Waals surface area contributed by atoms with Gasteiger partial charge in [-0.25, -0.2) is 0 Å². The summed E-state index contributed by atoms with van der Waals surface area (Å²) in [4.78, 5) is 23.9. The van der Waals surface area contributed by atoms with Gasteiger partial charge < -0.3 is 9.84 Å². The van der Waals surface area contributed by atoms with Crippen LogP contribution in [-0.2, 0) is 14.3 Å². The van der Waals surface area contributed by atoms with Crippen molar-refractivity contribution in [2.45, 2.75) is 78.2 Å². The number of aliphatic hydroxyl groups excluding tert-OH is 1. The standard InChI is InChI=1S/C23H34O4/c1-14(24)27-13-21(26)20-7-6-18-17-5-4-15-12-16(25)8-10-22(15,2)19(17)9-11-23(18,20)3/h4,16-20,25H,5-13H2,1-3H3/t16-,17-,18+,19+,20+,22-,23-/m0/s1. The van der Waals surface area contributed by atoms with Crippen LogP contribution in [0.15, 0.2) is 11.6 Å². The fourth-order valence-electron chi connectivity index (χ4n) is 7.44. The predicted molar refractivity (Wildman–Crippen MR) is 103 cm³/mol. The fraction of sp³-hybridized carbons (Fsp3) is 0.826. The first-order chi connectivity index (χ1) is 12.8. The predicted octanol–water partition coefficient (Wildman–Crippen LogP) is 4.06. The summed E-state index contributed by atoms with van der Waals surface area (Å²) in [5.74, 6) is 1.71. The van der Waals surface area contributed by atoms with Crippen LogP contribution in [0.4, 0.5) is 0 Å². The molecule has 4 aliphatic rings. The van der Waals surface area contributed by atoms with Crippen molar-refractivity contribution >= 4 is 11.8 Å². The Morgan fingerprint density at radius 3 is 2.67 bits per heavy atom.